The Morgan fingerprint density at radius 3 is 3.00 bits per heavy atom. The average Bonchev–Trinajstić information content (AvgIpc) is 2.33. The fraction of sp³-hybridized carbons (Fsp3) is 0.250. The Balaban J connectivity index is 3.02. The second kappa shape index (κ2) is 2.20. The first-order valence-corrected chi connectivity index (χ1v) is 3.72. The Labute approximate surface area is 68.8 Å². The molecule has 2 heterocycles. The standard InChI is InChI=1S/C8H9N3O/c1-5-3-6(2)7-9-10-8(12)11(7)4-5/h3-4H,1-2H3,(H,10,12). The van der Waals surface area contributed by atoms with Crippen LogP contribution in [0.5, 0.6) is 0 Å². The van der Waals surface area contributed by atoms with Gasteiger partial charge in [0.2, 0.25) is 0 Å². The maximum Gasteiger partial charge on any atom is 0.347 e. The number of nitrogens with zero attached hydrogens (tertiary/aromatic N) is 2. The van der Waals surface area contributed by atoms with Gasteiger partial charge in [-0.2, -0.15) is 5.10 Å². The number of nitrogens with one attached hydrogen (secondary N) is 1. The summed E-state index contributed by atoms with van der Waals surface area (Å²) < 4.78 is 1.52. The van der Waals surface area contributed by atoms with E-state index in [-0.39, 0.29) is 5.69 Å². The molecule has 2 aromatic rings. The SMILES string of the molecule is Cc1cc(C)c2n[nH]c(=O)n2c1. The summed E-state index contributed by atoms with van der Waals surface area (Å²) in [5.74, 6) is 0. The summed E-state index contributed by atoms with van der Waals surface area (Å²) in [6.07, 6.45) is 1.77. The van der Waals surface area contributed by atoms with Gasteiger partial charge in [0.1, 0.15) is 0 Å². The average molecular weight is 163 g/mol. The predicted octanol–water partition coefficient (Wildman–Crippen LogP) is 0.639. The number of rotatable bonds is 0. The number of hydrogen-bond donors (Lipinski definition) is 1. The summed E-state index contributed by atoms with van der Waals surface area (Å²) in [4.78, 5) is 11.1. The zero-order valence-corrected chi connectivity index (χ0v) is 6.96. The molecule has 2 rings (SSSR count). The van der Waals surface area contributed by atoms with E-state index in [1.807, 2.05) is 19.9 Å². The highest BCUT2D eigenvalue weighted by molar-refractivity contribution is 5.46. The Kier molecular flexibility index (Phi) is 1.30. The van der Waals surface area contributed by atoms with E-state index in [2.05, 4.69) is 10.2 Å². The minimum Gasteiger partial charge on any atom is -0.250 e. The zero-order chi connectivity index (χ0) is 8.72. The third-order valence-electron chi connectivity index (χ3n) is 1.83. The normalized spacial score (nSPS) is 10.8. The number of aromatic nitrogens is 3. The van der Waals surface area contributed by atoms with Gasteiger partial charge in [-0.1, -0.05) is 6.07 Å². The smallest absolute Gasteiger partial charge is 0.250 e. The number of pyridine rings is 1. The van der Waals surface area contributed by atoms with Crippen molar-refractivity contribution in [3.8, 4) is 0 Å². The van der Waals surface area contributed by atoms with Crippen molar-refractivity contribution in [1.29, 1.82) is 0 Å². The molecular weight excluding hydrogens is 154 g/mol. The van der Waals surface area contributed by atoms with Crippen LogP contribution in [0, 0.1) is 13.8 Å². The van der Waals surface area contributed by atoms with E-state index in [4.69, 9.17) is 0 Å². The molecule has 0 aromatic carbocycles. The van der Waals surface area contributed by atoms with Gasteiger partial charge in [-0.15, -0.1) is 0 Å². The van der Waals surface area contributed by atoms with Crippen molar-refractivity contribution in [1.82, 2.24) is 14.6 Å². The third kappa shape index (κ3) is 0.845. The third-order valence-corrected chi connectivity index (χ3v) is 1.83. The maximum absolute atomic E-state index is 11.1. The lowest BCUT2D eigenvalue weighted by atomic mass is 10.2. The molecule has 0 amide bonds. The van der Waals surface area contributed by atoms with E-state index in [1.54, 1.807) is 6.20 Å². The molecule has 4 heteroatoms. The van der Waals surface area contributed by atoms with Gasteiger partial charge in [-0.25, -0.2) is 14.3 Å². The molecule has 12 heavy (non-hydrogen) atoms. The quantitative estimate of drug-likeness (QED) is 0.619. The molecule has 0 radical (unpaired) electrons. The lowest BCUT2D eigenvalue weighted by molar-refractivity contribution is 1.02. The first-order chi connectivity index (χ1) is 5.68. The minimum absolute atomic E-state index is 0.184. The van der Waals surface area contributed by atoms with Gasteiger partial charge in [0.05, 0.1) is 0 Å². The van der Waals surface area contributed by atoms with Crippen molar-refractivity contribution < 1.29 is 0 Å². The number of aryl methyl sites for hydroxylation is 2. The molecule has 0 spiro atoms. The maximum atomic E-state index is 11.1. The number of H-pyrrole nitrogens is 1. The molecule has 0 saturated carbocycles. The van der Waals surface area contributed by atoms with Crippen LogP contribution in [0.3, 0.4) is 0 Å². The predicted molar refractivity (Wildman–Crippen MR) is 45.3 cm³/mol. The van der Waals surface area contributed by atoms with Gasteiger partial charge < -0.3 is 0 Å². The van der Waals surface area contributed by atoms with Crippen LogP contribution in [0.1, 0.15) is 11.1 Å². The van der Waals surface area contributed by atoms with Gasteiger partial charge >= 0.3 is 5.69 Å². The second-order valence-electron chi connectivity index (χ2n) is 2.92. The van der Waals surface area contributed by atoms with Gasteiger partial charge in [0.25, 0.3) is 0 Å². The second-order valence-corrected chi connectivity index (χ2v) is 2.92. The van der Waals surface area contributed by atoms with E-state index >= 15 is 0 Å². The van der Waals surface area contributed by atoms with Gasteiger partial charge in [-0.05, 0) is 25.0 Å². The summed E-state index contributed by atoms with van der Waals surface area (Å²) in [6, 6.07) is 2.00. The molecule has 62 valence electrons. The Hall–Kier alpha value is -1.58. The molecule has 0 atom stereocenters. The minimum atomic E-state index is -0.184. The highest BCUT2D eigenvalue weighted by Crippen LogP contribution is 2.06. The van der Waals surface area contributed by atoms with E-state index in [1.165, 1.54) is 4.40 Å². The van der Waals surface area contributed by atoms with Gasteiger partial charge in [0, 0.05) is 6.20 Å². The molecule has 0 fully saturated rings. The lowest BCUT2D eigenvalue weighted by Crippen LogP contribution is -2.09. The van der Waals surface area contributed by atoms with E-state index < -0.39 is 0 Å². The van der Waals surface area contributed by atoms with E-state index in [0.29, 0.717) is 5.65 Å². The molecule has 0 aliphatic rings. The van der Waals surface area contributed by atoms with Crippen LogP contribution < -0.4 is 5.69 Å². The van der Waals surface area contributed by atoms with Crippen molar-refractivity contribution in [3.05, 3.63) is 33.9 Å². The topological polar surface area (TPSA) is 50.2 Å². The molecule has 2 aromatic heterocycles. The molecule has 0 saturated heterocycles. The van der Waals surface area contributed by atoms with Gasteiger partial charge in [0.15, 0.2) is 5.65 Å². The van der Waals surface area contributed by atoms with Gasteiger partial charge in [-0.3, -0.25) is 0 Å². The van der Waals surface area contributed by atoms with Crippen LogP contribution in [0.15, 0.2) is 17.1 Å². The summed E-state index contributed by atoms with van der Waals surface area (Å²) >= 11 is 0. The molecule has 0 bridgehead atoms. The number of fused-ring (bicyclic) bond motifs is 1. The van der Waals surface area contributed by atoms with E-state index in [9.17, 15) is 4.79 Å². The Bertz CT molecular complexity index is 480. The Morgan fingerprint density at radius 1 is 1.50 bits per heavy atom. The van der Waals surface area contributed by atoms with Crippen LogP contribution in [0.4, 0.5) is 0 Å². The summed E-state index contributed by atoms with van der Waals surface area (Å²) in [5, 5.41) is 6.29. The van der Waals surface area contributed by atoms with Crippen LogP contribution in [0.25, 0.3) is 5.65 Å². The highest BCUT2D eigenvalue weighted by Gasteiger charge is 2.02. The summed E-state index contributed by atoms with van der Waals surface area (Å²) in [7, 11) is 0. The van der Waals surface area contributed by atoms with Crippen LogP contribution in [-0.4, -0.2) is 14.6 Å². The van der Waals surface area contributed by atoms with E-state index in [0.717, 1.165) is 11.1 Å². The first kappa shape index (κ1) is 7.09. The molecule has 0 aliphatic heterocycles. The van der Waals surface area contributed by atoms with Crippen molar-refractivity contribution in [2.45, 2.75) is 13.8 Å². The number of aromatic amines is 1. The molecule has 0 aliphatic carbocycles. The Morgan fingerprint density at radius 2 is 2.25 bits per heavy atom. The summed E-state index contributed by atoms with van der Waals surface area (Å²) in [5.41, 5.74) is 2.58. The fourth-order valence-corrected chi connectivity index (χ4v) is 1.35. The van der Waals surface area contributed by atoms with Crippen LogP contribution >= 0.6 is 0 Å². The molecule has 1 N–H and O–H groups in total. The monoisotopic (exact) mass is 163 g/mol. The zero-order valence-electron chi connectivity index (χ0n) is 6.96. The first-order valence-electron chi connectivity index (χ1n) is 3.72. The number of hydrogen-bond acceptors (Lipinski definition) is 2. The summed E-state index contributed by atoms with van der Waals surface area (Å²) in [6.45, 7) is 3.88. The van der Waals surface area contributed by atoms with Crippen molar-refractivity contribution in [2.75, 3.05) is 0 Å². The lowest BCUT2D eigenvalue weighted by Gasteiger charge is -1.97. The van der Waals surface area contributed by atoms with Crippen molar-refractivity contribution in [3.63, 3.8) is 0 Å². The largest absolute Gasteiger partial charge is 0.347 e. The highest BCUT2D eigenvalue weighted by atomic mass is 16.1. The van der Waals surface area contributed by atoms with Crippen molar-refractivity contribution >= 4 is 5.65 Å². The van der Waals surface area contributed by atoms with Crippen molar-refractivity contribution in [2.24, 2.45) is 0 Å². The van der Waals surface area contributed by atoms with Crippen LogP contribution in [0.2, 0.25) is 0 Å². The molecular formula is C8H9N3O. The molecule has 4 nitrogen and oxygen atoms in total. The van der Waals surface area contributed by atoms with Crippen LogP contribution in [-0.2, 0) is 0 Å². The molecule has 0 unspecified atom stereocenters. The fourth-order valence-electron chi connectivity index (χ4n) is 1.35.